The molecule has 0 saturated heterocycles. The number of nitrogens with one attached hydrogen (secondary N) is 1. The highest BCUT2D eigenvalue weighted by Crippen LogP contribution is 2.19. The molecular formula is C13H20N2OS. The van der Waals surface area contributed by atoms with E-state index in [2.05, 4.69) is 18.5 Å². The van der Waals surface area contributed by atoms with Crippen LogP contribution in [0.3, 0.4) is 0 Å². The fourth-order valence-electron chi connectivity index (χ4n) is 1.51. The number of benzene rings is 1. The van der Waals surface area contributed by atoms with Crippen molar-refractivity contribution in [2.45, 2.75) is 25.5 Å². The van der Waals surface area contributed by atoms with Crippen LogP contribution in [-0.2, 0) is 0 Å². The Kier molecular flexibility index (Phi) is 5.35. The van der Waals surface area contributed by atoms with Gasteiger partial charge in [-0.3, -0.25) is 4.79 Å². The minimum absolute atomic E-state index is 0.00336. The molecule has 0 spiro atoms. The lowest BCUT2D eigenvalue weighted by atomic mass is 10.1. The van der Waals surface area contributed by atoms with Crippen LogP contribution < -0.4 is 11.1 Å². The Morgan fingerprint density at radius 3 is 2.82 bits per heavy atom. The number of rotatable bonds is 6. The molecule has 3 nitrogen and oxygen atoms in total. The Balaban J connectivity index is 2.60. The van der Waals surface area contributed by atoms with Crippen LogP contribution >= 0.6 is 11.8 Å². The minimum atomic E-state index is 0.00336. The maximum atomic E-state index is 11.3. The number of carbonyl (C=O) groups is 1. The van der Waals surface area contributed by atoms with E-state index in [1.54, 1.807) is 6.07 Å². The third-order valence-corrected chi connectivity index (χ3v) is 3.76. The molecule has 1 aromatic rings. The fraction of sp³-hybridized carbons (Fsp3) is 0.462. The van der Waals surface area contributed by atoms with Gasteiger partial charge in [0.1, 0.15) is 0 Å². The summed E-state index contributed by atoms with van der Waals surface area (Å²) in [6, 6.07) is 5.50. The van der Waals surface area contributed by atoms with E-state index in [0.29, 0.717) is 16.5 Å². The van der Waals surface area contributed by atoms with Crippen molar-refractivity contribution in [3.8, 4) is 0 Å². The largest absolute Gasteiger partial charge is 0.398 e. The standard InChI is InChI=1S/C13H20N2OS/c1-9(17-3)6-7-15-11-4-5-13(14)12(8-11)10(2)16/h4-5,8-9,15H,6-7,14H2,1-3H3. The molecule has 17 heavy (non-hydrogen) atoms. The van der Waals surface area contributed by atoms with Gasteiger partial charge in [-0.15, -0.1) is 0 Å². The number of hydrogen-bond acceptors (Lipinski definition) is 4. The molecular weight excluding hydrogens is 232 g/mol. The molecule has 0 radical (unpaired) electrons. The first-order valence-electron chi connectivity index (χ1n) is 5.71. The third-order valence-electron chi connectivity index (χ3n) is 2.71. The second-order valence-corrected chi connectivity index (χ2v) is 5.40. The highest BCUT2D eigenvalue weighted by atomic mass is 32.2. The zero-order chi connectivity index (χ0) is 12.8. The number of nitrogen functional groups attached to an aromatic ring is 1. The first-order valence-corrected chi connectivity index (χ1v) is 7.00. The van der Waals surface area contributed by atoms with Crippen molar-refractivity contribution in [3.05, 3.63) is 23.8 Å². The van der Waals surface area contributed by atoms with Gasteiger partial charge in [0, 0.05) is 28.7 Å². The summed E-state index contributed by atoms with van der Waals surface area (Å²) in [5.74, 6) is 0.00336. The van der Waals surface area contributed by atoms with E-state index in [1.165, 1.54) is 6.92 Å². The summed E-state index contributed by atoms with van der Waals surface area (Å²) in [6.45, 7) is 4.64. The molecule has 1 atom stereocenters. The SMILES string of the molecule is CSC(C)CCNc1ccc(N)c(C(C)=O)c1. The average molecular weight is 252 g/mol. The third kappa shape index (κ3) is 4.30. The highest BCUT2D eigenvalue weighted by molar-refractivity contribution is 7.99. The topological polar surface area (TPSA) is 55.1 Å². The number of anilines is 2. The molecule has 1 unspecified atom stereocenters. The molecule has 1 rings (SSSR count). The van der Waals surface area contributed by atoms with Gasteiger partial charge in [-0.2, -0.15) is 11.8 Å². The van der Waals surface area contributed by atoms with Crippen LogP contribution in [0.2, 0.25) is 0 Å². The summed E-state index contributed by atoms with van der Waals surface area (Å²) in [7, 11) is 0. The van der Waals surface area contributed by atoms with Gasteiger partial charge in [-0.25, -0.2) is 0 Å². The summed E-state index contributed by atoms with van der Waals surface area (Å²) in [4.78, 5) is 11.3. The van der Waals surface area contributed by atoms with E-state index in [-0.39, 0.29) is 5.78 Å². The fourth-order valence-corrected chi connectivity index (χ4v) is 1.86. The van der Waals surface area contributed by atoms with Crippen molar-refractivity contribution in [1.82, 2.24) is 0 Å². The Labute approximate surface area is 107 Å². The Hall–Kier alpha value is -1.16. The van der Waals surface area contributed by atoms with Crippen molar-refractivity contribution in [3.63, 3.8) is 0 Å². The van der Waals surface area contributed by atoms with Crippen LogP contribution in [0.5, 0.6) is 0 Å². The molecule has 3 N–H and O–H groups in total. The lowest BCUT2D eigenvalue weighted by molar-refractivity contribution is 0.101. The summed E-state index contributed by atoms with van der Waals surface area (Å²) in [6.07, 6.45) is 3.21. The van der Waals surface area contributed by atoms with E-state index in [1.807, 2.05) is 23.9 Å². The lowest BCUT2D eigenvalue weighted by Crippen LogP contribution is -2.08. The van der Waals surface area contributed by atoms with Crippen molar-refractivity contribution in [1.29, 1.82) is 0 Å². The number of thioether (sulfide) groups is 1. The number of ketones is 1. The lowest BCUT2D eigenvalue weighted by Gasteiger charge is -2.11. The van der Waals surface area contributed by atoms with Gasteiger partial charge in [0.2, 0.25) is 0 Å². The van der Waals surface area contributed by atoms with Crippen LogP contribution in [0.15, 0.2) is 18.2 Å². The van der Waals surface area contributed by atoms with Crippen LogP contribution in [0.1, 0.15) is 30.6 Å². The van der Waals surface area contributed by atoms with Crippen LogP contribution in [-0.4, -0.2) is 23.8 Å². The highest BCUT2D eigenvalue weighted by Gasteiger charge is 2.06. The van der Waals surface area contributed by atoms with Crippen molar-refractivity contribution < 1.29 is 4.79 Å². The molecule has 0 aromatic heterocycles. The first kappa shape index (κ1) is 13.9. The van der Waals surface area contributed by atoms with Crippen molar-refractivity contribution in [2.24, 2.45) is 0 Å². The second-order valence-electron chi connectivity index (χ2n) is 4.12. The van der Waals surface area contributed by atoms with Crippen LogP contribution in [0.4, 0.5) is 11.4 Å². The predicted octanol–water partition coefficient (Wildman–Crippen LogP) is 3.02. The zero-order valence-corrected chi connectivity index (χ0v) is 11.4. The van der Waals surface area contributed by atoms with Crippen molar-refractivity contribution in [2.75, 3.05) is 23.9 Å². The second kappa shape index (κ2) is 6.55. The summed E-state index contributed by atoms with van der Waals surface area (Å²) < 4.78 is 0. The predicted molar refractivity (Wildman–Crippen MR) is 76.9 cm³/mol. The molecule has 4 heteroatoms. The maximum absolute atomic E-state index is 11.3. The summed E-state index contributed by atoms with van der Waals surface area (Å²) >= 11 is 1.86. The molecule has 1 aromatic carbocycles. The molecule has 0 bridgehead atoms. The zero-order valence-electron chi connectivity index (χ0n) is 10.6. The van der Waals surface area contributed by atoms with Gasteiger partial charge in [0.15, 0.2) is 5.78 Å². The van der Waals surface area contributed by atoms with Gasteiger partial charge < -0.3 is 11.1 Å². The van der Waals surface area contributed by atoms with Crippen LogP contribution in [0, 0.1) is 0 Å². The Bertz CT molecular complexity index is 393. The molecule has 0 aliphatic carbocycles. The van der Waals surface area contributed by atoms with E-state index >= 15 is 0 Å². The molecule has 0 aliphatic heterocycles. The van der Waals surface area contributed by atoms with Crippen LogP contribution in [0.25, 0.3) is 0 Å². The molecule has 0 fully saturated rings. The van der Waals surface area contributed by atoms with Gasteiger partial charge in [0.25, 0.3) is 0 Å². The maximum Gasteiger partial charge on any atom is 0.161 e. The van der Waals surface area contributed by atoms with E-state index < -0.39 is 0 Å². The van der Waals surface area contributed by atoms with Gasteiger partial charge >= 0.3 is 0 Å². The quantitative estimate of drug-likeness (QED) is 0.603. The minimum Gasteiger partial charge on any atom is -0.398 e. The molecule has 0 amide bonds. The molecule has 0 aliphatic rings. The molecule has 0 saturated carbocycles. The summed E-state index contributed by atoms with van der Waals surface area (Å²) in [5, 5.41) is 3.95. The number of carbonyl (C=O) groups excluding carboxylic acids is 1. The Morgan fingerprint density at radius 1 is 1.53 bits per heavy atom. The first-order chi connectivity index (χ1) is 8.04. The average Bonchev–Trinajstić information content (AvgIpc) is 2.30. The van der Waals surface area contributed by atoms with E-state index in [4.69, 9.17) is 5.73 Å². The van der Waals surface area contributed by atoms with Gasteiger partial charge in [-0.1, -0.05) is 6.92 Å². The van der Waals surface area contributed by atoms with Crippen molar-refractivity contribution >= 4 is 28.9 Å². The van der Waals surface area contributed by atoms with Gasteiger partial charge in [0.05, 0.1) is 0 Å². The number of hydrogen-bond donors (Lipinski definition) is 2. The van der Waals surface area contributed by atoms with E-state index in [9.17, 15) is 4.79 Å². The smallest absolute Gasteiger partial charge is 0.161 e. The summed E-state index contributed by atoms with van der Waals surface area (Å²) in [5.41, 5.74) is 7.83. The number of nitrogens with two attached hydrogens (primary N) is 1. The Morgan fingerprint density at radius 2 is 2.24 bits per heavy atom. The molecule has 94 valence electrons. The van der Waals surface area contributed by atoms with Gasteiger partial charge in [-0.05, 0) is 37.8 Å². The monoisotopic (exact) mass is 252 g/mol. The number of Topliss-reactive ketones (excluding diaryl/α,β-unsaturated/α-hetero) is 1. The molecule has 0 heterocycles. The normalized spacial score (nSPS) is 12.2. The van der Waals surface area contributed by atoms with E-state index in [0.717, 1.165) is 18.7 Å².